The SMILES string of the molecule is O=C(O)C(c1ccccc1C1CC1)N1CCNCC1. The summed E-state index contributed by atoms with van der Waals surface area (Å²) in [6.07, 6.45) is 2.40. The number of hydrogen-bond donors (Lipinski definition) is 2. The molecule has 1 unspecified atom stereocenters. The fraction of sp³-hybridized carbons (Fsp3) is 0.533. The summed E-state index contributed by atoms with van der Waals surface area (Å²) < 4.78 is 0. The Hall–Kier alpha value is -1.39. The zero-order valence-electron chi connectivity index (χ0n) is 11.0. The van der Waals surface area contributed by atoms with Crippen LogP contribution in [0.25, 0.3) is 0 Å². The lowest BCUT2D eigenvalue weighted by Gasteiger charge is -2.33. The molecule has 1 heterocycles. The highest BCUT2D eigenvalue weighted by Gasteiger charge is 2.34. The molecule has 2 N–H and O–H groups in total. The quantitative estimate of drug-likeness (QED) is 0.863. The Balaban J connectivity index is 1.93. The maximum Gasteiger partial charge on any atom is 0.325 e. The van der Waals surface area contributed by atoms with Gasteiger partial charge in [0, 0.05) is 26.2 Å². The first-order valence-electron chi connectivity index (χ1n) is 7.04. The number of nitrogens with zero attached hydrogens (tertiary/aromatic N) is 1. The Bertz CT molecular complexity index is 465. The van der Waals surface area contributed by atoms with Gasteiger partial charge in [-0.25, -0.2) is 0 Å². The molecular weight excluding hydrogens is 240 g/mol. The molecule has 102 valence electrons. The topological polar surface area (TPSA) is 52.6 Å². The van der Waals surface area contributed by atoms with Crippen molar-refractivity contribution < 1.29 is 9.90 Å². The summed E-state index contributed by atoms with van der Waals surface area (Å²) in [4.78, 5) is 13.8. The second-order valence-electron chi connectivity index (χ2n) is 5.43. The van der Waals surface area contributed by atoms with E-state index in [1.807, 2.05) is 18.2 Å². The summed E-state index contributed by atoms with van der Waals surface area (Å²) in [5.41, 5.74) is 2.24. The minimum atomic E-state index is -0.727. The molecule has 4 nitrogen and oxygen atoms in total. The standard InChI is InChI=1S/C15H20N2O2/c18-15(19)14(17-9-7-16-8-10-17)13-4-2-1-3-12(13)11-5-6-11/h1-4,11,14,16H,5-10H2,(H,18,19). The van der Waals surface area contributed by atoms with Gasteiger partial charge in [0.15, 0.2) is 0 Å². The molecule has 1 saturated heterocycles. The Kier molecular flexibility index (Phi) is 3.53. The average Bonchev–Trinajstić information content (AvgIpc) is 3.25. The lowest BCUT2D eigenvalue weighted by atomic mass is 9.95. The maximum absolute atomic E-state index is 11.7. The van der Waals surface area contributed by atoms with Gasteiger partial charge in [-0.1, -0.05) is 24.3 Å². The molecule has 1 aromatic carbocycles. The molecule has 0 aromatic heterocycles. The molecule has 2 fully saturated rings. The summed E-state index contributed by atoms with van der Waals surface area (Å²) in [6.45, 7) is 3.34. The minimum absolute atomic E-state index is 0.487. The van der Waals surface area contributed by atoms with E-state index in [9.17, 15) is 9.90 Å². The summed E-state index contributed by atoms with van der Waals surface area (Å²) in [5, 5.41) is 12.9. The first kappa shape index (κ1) is 12.6. The third kappa shape index (κ3) is 2.65. The van der Waals surface area contributed by atoms with Gasteiger partial charge in [-0.15, -0.1) is 0 Å². The van der Waals surface area contributed by atoms with Crippen molar-refractivity contribution in [3.63, 3.8) is 0 Å². The summed E-state index contributed by atoms with van der Waals surface area (Å²) in [5.74, 6) is -0.143. The van der Waals surface area contributed by atoms with E-state index in [1.165, 1.54) is 18.4 Å². The van der Waals surface area contributed by atoms with Gasteiger partial charge < -0.3 is 10.4 Å². The number of aliphatic carboxylic acids is 1. The molecule has 2 aliphatic rings. The molecule has 19 heavy (non-hydrogen) atoms. The van der Waals surface area contributed by atoms with Gasteiger partial charge in [0.2, 0.25) is 0 Å². The van der Waals surface area contributed by atoms with Crippen molar-refractivity contribution in [2.75, 3.05) is 26.2 Å². The first-order chi connectivity index (χ1) is 9.27. The van der Waals surface area contributed by atoms with Crippen molar-refractivity contribution in [2.45, 2.75) is 24.8 Å². The van der Waals surface area contributed by atoms with Gasteiger partial charge in [0.05, 0.1) is 0 Å². The number of carboxylic acid groups (broad SMARTS) is 1. The zero-order chi connectivity index (χ0) is 13.2. The molecule has 1 saturated carbocycles. The normalized spacial score (nSPS) is 22.1. The van der Waals surface area contributed by atoms with Crippen LogP contribution in [0.4, 0.5) is 0 Å². The van der Waals surface area contributed by atoms with Crippen LogP contribution in [0.2, 0.25) is 0 Å². The van der Waals surface area contributed by atoms with E-state index in [0.717, 1.165) is 31.7 Å². The number of rotatable bonds is 4. The number of hydrogen-bond acceptors (Lipinski definition) is 3. The third-order valence-corrected chi connectivity index (χ3v) is 4.06. The molecule has 1 aliphatic carbocycles. The minimum Gasteiger partial charge on any atom is -0.480 e. The van der Waals surface area contributed by atoms with Crippen LogP contribution in [-0.4, -0.2) is 42.2 Å². The second kappa shape index (κ2) is 5.31. The van der Waals surface area contributed by atoms with Gasteiger partial charge in [0.25, 0.3) is 0 Å². The highest BCUT2D eigenvalue weighted by atomic mass is 16.4. The van der Waals surface area contributed by atoms with E-state index in [-0.39, 0.29) is 0 Å². The van der Waals surface area contributed by atoms with E-state index >= 15 is 0 Å². The number of carbonyl (C=O) groups is 1. The first-order valence-corrected chi connectivity index (χ1v) is 7.04. The van der Waals surface area contributed by atoms with Crippen LogP contribution in [-0.2, 0) is 4.79 Å². The van der Waals surface area contributed by atoms with E-state index in [0.29, 0.717) is 5.92 Å². The van der Waals surface area contributed by atoms with Crippen molar-refractivity contribution in [1.29, 1.82) is 0 Å². The van der Waals surface area contributed by atoms with Crippen LogP contribution < -0.4 is 5.32 Å². The molecule has 1 atom stereocenters. The molecule has 3 rings (SSSR count). The monoisotopic (exact) mass is 260 g/mol. The highest BCUT2D eigenvalue weighted by Crippen LogP contribution is 2.43. The van der Waals surface area contributed by atoms with Crippen LogP contribution in [0.5, 0.6) is 0 Å². The number of nitrogens with one attached hydrogen (secondary N) is 1. The predicted molar refractivity (Wildman–Crippen MR) is 73.2 cm³/mol. The lowest BCUT2D eigenvalue weighted by Crippen LogP contribution is -2.47. The molecule has 0 bridgehead atoms. The number of piperazine rings is 1. The highest BCUT2D eigenvalue weighted by molar-refractivity contribution is 5.76. The number of benzene rings is 1. The smallest absolute Gasteiger partial charge is 0.325 e. The van der Waals surface area contributed by atoms with Crippen molar-refractivity contribution in [3.8, 4) is 0 Å². The largest absolute Gasteiger partial charge is 0.480 e. The van der Waals surface area contributed by atoms with Crippen LogP contribution in [0, 0.1) is 0 Å². The summed E-state index contributed by atoms with van der Waals surface area (Å²) >= 11 is 0. The zero-order valence-corrected chi connectivity index (χ0v) is 11.0. The summed E-state index contributed by atoms with van der Waals surface area (Å²) in [7, 11) is 0. The fourth-order valence-electron chi connectivity index (χ4n) is 2.95. The van der Waals surface area contributed by atoms with Gasteiger partial charge in [-0.3, -0.25) is 9.69 Å². The second-order valence-corrected chi connectivity index (χ2v) is 5.43. The molecule has 1 aliphatic heterocycles. The van der Waals surface area contributed by atoms with Gasteiger partial charge in [-0.2, -0.15) is 0 Å². The van der Waals surface area contributed by atoms with Crippen LogP contribution in [0.1, 0.15) is 35.9 Å². The fourth-order valence-corrected chi connectivity index (χ4v) is 2.95. The molecule has 0 radical (unpaired) electrons. The Morgan fingerprint density at radius 1 is 1.26 bits per heavy atom. The van der Waals surface area contributed by atoms with Gasteiger partial charge >= 0.3 is 5.97 Å². The van der Waals surface area contributed by atoms with Crippen molar-refractivity contribution in [2.24, 2.45) is 0 Å². The van der Waals surface area contributed by atoms with Crippen LogP contribution >= 0.6 is 0 Å². The van der Waals surface area contributed by atoms with Crippen LogP contribution in [0.15, 0.2) is 24.3 Å². The average molecular weight is 260 g/mol. The lowest BCUT2D eigenvalue weighted by molar-refractivity contribution is -0.143. The molecule has 0 spiro atoms. The van der Waals surface area contributed by atoms with E-state index in [1.54, 1.807) is 0 Å². The predicted octanol–water partition coefficient (Wildman–Crippen LogP) is 1.59. The Morgan fingerprint density at radius 2 is 1.95 bits per heavy atom. The maximum atomic E-state index is 11.7. The molecule has 0 amide bonds. The Labute approximate surface area is 113 Å². The van der Waals surface area contributed by atoms with Gasteiger partial charge in [-0.05, 0) is 29.9 Å². The molecule has 4 heteroatoms. The van der Waals surface area contributed by atoms with Gasteiger partial charge in [0.1, 0.15) is 6.04 Å². The van der Waals surface area contributed by atoms with E-state index in [4.69, 9.17) is 0 Å². The molecular formula is C15H20N2O2. The molecule has 1 aromatic rings. The van der Waals surface area contributed by atoms with Crippen molar-refractivity contribution in [3.05, 3.63) is 35.4 Å². The van der Waals surface area contributed by atoms with Crippen molar-refractivity contribution in [1.82, 2.24) is 10.2 Å². The Morgan fingerprint density at radius 3 is 2.58 bits per heavy atom. The van der Waals surface area contributed by atoms with Crippen LogP contribution in [0.3, 0.4) is 0 Å². The number of carboxylic acids is 1. The van der Waals surface area contributed by atoms with E-state index in [2.05, 4.69) is 16.3 Å². The van der Waals surface area contributed by atoms with Crippen molar-refractivity contribution >= 4 is 5.97 Å². The summed E-state index contributed by atoms with van der Waals surface area (Å²) in [6, 6.07) is 7.59. The van der Waals surface area contributed by atoms with E-state index < -0.39 is 12.0 Å². The third-order valence-electron chi connectivity index (χ3n) is 4.06.